The lowest BCUT2D eigenvalue weighted by molar-refractivity contribution is 0.0949. The molecule has 92 valence electrons. The average Bonchev–Trinajstić information content (AvgIpc) is 2.82. The zero-order valence-electron chi connectivity index (χ0n) is 9.41. The van der Waals surface area contributed by atoms with Crippen LogP contribution in [-0.4, -0.2) is 24.0 Å². The van der Waals surface area contributed by atoms with Crippen molar-refractivity contribution in [3.63, 3.8) is 0 Å². The first kappa shape index (κ1) is 12.2. The van der Waals surface area contributed by atoms with Gasteiger partial charge in [-0.1, -0.05) is 6.07 Å². The summed E-state index contributed by atoms with van der Waals surface area (Å²) in [5.74, 6) is 1.92. The minimum Gasteiger partial charge on any atom is -0.396 e. The molecule has 1 saturated heterocycles. The number of thioether (sulfide) groups is 1. The normalized spacial score (nSPS) is 19.2. The second-order valence-corrected chi connectivity index (χ2v) is 5.29. The fourth-order valence-corrected chi connectivity index (χ4v) is 3.10. The first-order chi connectivity index (χ1) is 8.18. The number of nitrogen functional groups attached to an aromatic ring is 1. The first-order valence-electron chi connectivity index (χ1n) is 5.58. The summed E-state index contributed by atoms with van der Waals surface area (Å²) < 4.78 is 13.2. The van der Waals surface area contributed by atoms with Crippen LogP contribution in [0.5, 0.6) is 0 Å². The molecule has 1 fully saturated rings. The zero-order valence-corrected chi connectivity index (χ0v) is 10.2. The minimum absolute atomic E-state index is 0.0780. The number of nitrogens with one attached hydrogen (secondary N) is 1. The second kappa shape index (κ2) is 5.40. The Labute approximate surface area is 104 Å². The van der Waals surface area contributed by atoms with Gasteiger partial charge in [0, 0.05) is 6.54 Å². The molecule has 1 amide bonds. The van der Waals surface area contributed by atoms with E-state index in [0.717, 1.165) is 17.9 Å². The minimum atomic E-state index is -0.547. The summed E-state index contributed by atoms with van der Waals surface area (Å²) in [4.78, 5) is 11.8. The molecular formula is C12H15FN2OS. The number of carbonyl (C=O) groups is 1. The topological polar surface area (TPSA) is 55.1 Å². The van der Waals surface area contributed by atoms with Gasteiger partial charge in [0.1, 0.15) is 5.82 Å². The molecule has 0 saturated carbocycles. The number of rotatable bonds is 3. The number of nitrogens with two attached hydrogens (primary N) is 1. The van der Waals surface area contributed by atoms with Crippen LogP contribution in [0.15, 0.2) is 18.2 Å². The molecular weight excluding hydrogens is 239 g/mol. The van der Waals surface area contributed by atoms with Gasteiger partial charge in [-0.25, -0.2) is 4.39 Å². The summed E-state index contributed by atoms with van der Waals surface area (Å²) in [5.41, 5.74) is 5.67. The summed E-state index contributed by atoms with van der Waals surface area (Å²) >= 11 is 1.90. The summed E-state index contributed by atoms with van der Waals surface area (Å²) in [6.07, 6.45) is 1.13. The van der Waals surface area contributed by atoms with Crippen molar-refractivity contribution in [1.29, 1.82) is 0 Å². The van der Waals surface area contributed by atoms with E-state index in [1.165, 1.54) is 18.2 Å². The highest BCUT2D eigenvalue weighted by Crippen LogP contribution is 2.22. The van der Waals surface area contributed by atoms with Crippen molar-refractivity contribution >= 4 is 23.4 Å². The van der Waals surface area contributed by atoms with Gasteiger partial charge in [-0.3, -0.25) is 4.79 Å². The molecule has 1 aromatic rings. The number of hydrogen-bond donors (Lipinski definition) is 2. The van der Waals surface area contributed by atoms with Crippen LogP contribution >= 0.6 is 11.8 Å². The smallest absolute Gasteiger partial charge is 0.253 e. The molecule has 1 aromatic carbocycles. The van der Waals surface area contributed by atoms with Gasteiger partial charge in [0.2, 0.25) is 0 Å². The van der Waals surface area contributed by atoms with E-state index in [9.17, 15) is 9.18 Å². The van der Waals surface area contributed by atoms with Crippen molar-refractivity contribution in [3.05, 3.63) is 29.6 Å². The fraction of sp³-hybridized carbons (Fsp3) is 0.417. The molecule has 1 unspecified atom stereocenters. The zero-order chi connectivity index (χ0) is 12.3. The maximum absolute atomic E-state index is 13.2. The third-order valence-corrected chi connectivity index (χ3v) is 4.10. The molecule has 0 aliphatic carbocycles. The highest BCUT2D eigenvalue weighted by atomic mass is 32.2. The van der Waals surface area contributed by atoms with Crippen molar-refractivity contribution < 1.29 is 9.18 Å². The number of anilines is 1. The molecule has 5 heteroatoms. The van der Waals surface area contributed by atoms with Crippen LogP contribution < -0.4 is 11.1 Å². The van der Waals surface area contributed by atoms with Crippen LogP contribution in [0.4, 0.5) is 10.1 Å². The van der Waals surface area contributed by atoms with Crippen LogP contribution in [0.3, 0.4) is 0 Å². The molecule has 3 nitrogen and oxygen atoms in total. The second-order valence-electron chi connectivity index (χ2n) is 4.14. The van der Waals surface area contributed by atoms with Crippen molar-refractivity contribution in [2.24, 2.45) is 5.92 Å². The predicted molar refractivity (Wildman–Crippen MR) is 68.6 cm³/mol. The average molecular weight is 254 g/mol. The maximum atomic E-state index is 13.2. The van der Waals surface area contributed by atoms with Gasteiger partial charge in [-0.15, -0.1) is 0 Å². The maximum Gasteiger partial charge on any atom is 0.253 e. The molecule has 1 atom stereocenters. The third-order valence-electron chi connectivity index (χ3n) is 2.87. The Balaban J connectivity index is 1.97. The monoisotopic (exact) mass is 254 g/mol. The van der Waals surface area contributed by atoms with Crippen molar-refractivity contribution in [1.82, 2.24) is 5.32 Å². The third kappa shape index (κ3) is 2.91. The molecule has 2 rings (SSSR count). The fourth-order valence-electron chi connectivity index (χ4n) is 1.81. The van der Waals surface area contributed by atoms with Gasteiger partial charge in [0.15, 0.2) is 0 Å². The van der Waals surface area contributed by atoms with Gasteiger partial charge >= 0.3 is 0 Å². The Hall–Kier alpha value is -1.23. The highest BCUT2D eigenvalue weighted by molar-refractivity contribution is 7.99. The number of carbonyl (C=O) groups excluding carboxylic acids is 1. The number of amides is 1. The Morgan fingerprint density at radius 3 is 3.12 bits per heavy atom. The highest BCUT2D eigenvalue weighted by Gasteiger charge is 2.18. The summed E-state index contributed by atoms with van der Waals surface area (Å²) in [5, 5.41) is 2.81. The SMILES string of the molecule is Nc1c(F)cccc1C(=O)NCC1CCSC1. The van der Waals surface area contributed by atoms with E-state index >= 15 is 0 Å². The molecule has 0 spiro atoms. The van der Waals surface area contributed by atoms with Crippen LogP contribution in [0.1, 0.15) is 16.8 Å². The van der Waals surface area contributed by atoms with E-state index in [1.54, 1.807) is 0 Å². The predicted octanol–water partition coefficient (Wildman–Crippen LogP) is 1.89. The lowest BCUT2D eigenvalue weighted by Crippen LogP contribution is -2.30. The quantitative estimate of drug-likeness (QED) is 0.810. The molecule has 1 aliphatic rings. The molecule has 3 N–H and O–H groups in total. The van der Waals surface area contributed by atoms with Crippen molar-refractivity contribution in [2.45, 2.75) is 6.42 Å². The van der Waals surface area contributed by atoms with Crippen LogP contribution in [0.2, 0.25) is 0 Å². The van der Waals surface area contributed by atoms with Crippen LogP contribution in [0.25, 0.3) is 0 Å². The van der Waals surface area contributed by atoms with E-state index in [0.29, 0.717) is 12.5 Å². The molecule has 1 heterocycles. The van der Waals surface area contributed by atoms with Gasteiger partial charge in [-0.05, 0) is 36.0 Å². The van der Waals surface area contributed by atoms with E-state index < -0.39 is 5.82 Å². The summed E-state index contributed by atoms with van der Waals surface area (Å²) in [6.45, 7) is 0.641. The van der Waals surface area contributed by atoms with Crippen molar-refractivity contribution in [2.75, 3.05) is 23.8 Å². The number of benzene rings is 1. The Bertz CT molecular complexity index is 419. The number of para-hydroxylation sites is 1. The van der Waals surface area contributed by atoms with E-state index in [4.69, 9.17) is 5.73 Å². The molecule has 0 aromatic heterocycles. The van der Waals surface area contributed by atoms with Crippen molar-refractivity contribution in [3.8, 4) is 0 Å². The Morgan fingerprint density at radius 1 is 1.59 bits per heavy atom. The molecule has 0 bridgehead atoms. The van der Waals surface area contributed by atoms with E-state index in [-0.39, 0.29) is 17.2 Å². The lowest BCUT2D eigenvalue weighted by Gasteiger charge is -2.11. The Morgan fingerprint density at radius 2 is 2.41 bits per heavy atom. The van der Waals surface area contributed by atoms with E-state index in [2.05, 4.69) is 5.32 Å². The van der Waals surface area contributed by atoms with Gasteiger partial charge in [0.05, 0.1) is 11.3 Å². The van der Waals surface area contributed by atoms with Gasteiger partial charge in [-0.2, -0.15) is 11.8 Å². The van der Waals surface area contributed by atoms with Gasteiger partial charge < -0.3 is 11.1 Å². The number of halogens is 1. The van der Waals surface area contributed by atoms with Crippen LogP contribution in [-0.2, 0) is 0 Å². The molecule has 1 aliphatic heterocycles. The molecule has 17 heavy (non-hydrogen) atoms. The first-order valence-corrected chi connectivity index (χ1v) is 6.74. The van der Waals surface area contributed by atoms with Gasteiger partial charge in [0.25, 0.3) is 5.91 Å². The van der Waals surface area contributed by atoms with Crippen LogP contribution in [0, 0.1) is 11.7 Å². The Kier molecular flexibility index (Phi) is 3.89. The van der Waals surface area contributed by atoms with E-state index in [1.807, 2.05) is 11.8 Å². The number of hydrogen-bond acceptors (Lipinski definition) is 3. The lowest BCUT2D eigenvalue weighted by atomic mass is 10.1. The largest absolute Gasteiger partial charge is 0.396 e. The summed E-state index contributed by atoms with van der Waals surface area (Å²) in [7, 11) is 0. The summed E-state index contributed by atoms with van der Waals surface area (Å²) in [6, 6.07) is 4.28. The standard InChI is InChI=1S/C12H15FN2OS/c13-10-3-1-2-9(11(10)14)12(16)15-6-8-4-5-17-7-8/h1-3,8H,4-7,14H2,(H,15,16). The molecule has 0 radical (unpaired) electrons.